The van der Waals surface area contributed by atoms with Crippen LogP contribution in [0.15, 0.2) is 59.1 Å². The van der Waals surface area contributed by atoms with E-state index in [1.165, 1.54) is 5.56 Å². The van der Waals surface area contributed by atoms with E-state index >= 15 is 0 Å². The average Bonchev–Trinajstić information content (AvgIpc) is 3.35. The van der Waals surface area contributed by atoms with Crippen molar-refractivity contribution < 1.29 is 14.1 Å². The highest BCUT2D eigenvalue weighted by molar-refractivity contribution is 5.79. The molecule has 1 aliphatic heterocycles. The van der Waals surface area contributed by atoms with Gasteiger partial charge < -0.3 is 24.4 Å². The third-order valence-corrected chi connectivity index (χ3v) is 5.91. The number of nitrogens with one attached hydrogen (secondary N) is 1. The van der Waals surface area contributed by atoms with Crippen molar-refractivity contribution in [3.05, 3.63) is 60.2 Å². The van der Waals surface area contributed by atoms with Crippen LogP contribution in [0.2, 0.25) is 0 Å². The maximum absolute atomic E-state index is 12.8. The molecule has 1 unspecified atom stereocenters. The molecule has 0 saturated carbocycles. The molecule has 3 aromatic rings. The molecule has 1 amide bonds. The van der Waals surface area contributed by atoms with Crippen molar-refractivity contribution in [2.24, 2.45) is 5.92 Å². The van der Waals surface area contributed by atoms with Crippen LogP contribution in [-0.4, -0.2) is 61.3 Å². The highest BCUT2D eigenvalue weighted by Gasteiger charge is 2.28. The van der Waals surface area contributed by atoms with Crippen molar-refractivity contribution in [1.29, 1.82) is 0 Å². The van der Waals surface area contributed by atoms with Crippen molar-refractivity contribution in [2.45, 2.75) is 19.4 Å². The van der Waals surface area contributed by atoms with E-state index in [1.807, 2.05) is 47.4 Å². The molecular formula is C25H31N5O3. The largest absolute Gasteiger partial charge is 0.497 e. The Kier molecular flexibility index (Phi) is 7.57. The van der Waals surface area contributed by atoms with Gasteiger partial charge >= 0.3 is 6.01 Å². The Morgan fingerprint density at radius 3 is 2.76 bits per heavy atom. The van der Waals surface area contributed by atoms with E-state index in [1.54, 1.807) is 7.11 Å². The molecule has 1 saturated heterocycles. The SMILES string of the molecule is COc1ccc(-c2noc(N3CCCC(C(=O)NCCN(C)Cc4ccccc4)C3)n2)cc1. The topological polar surface area (TPSA) is 83.7 Å². The summed E-state index contributed by atoms with van der Waals surface area (Å²) < 4.78 is 10.7. The van der Waals surface area contributed by atoms with Gasteiger partial charge in [-0.2, -0.15) is 4.98 Å². The first-order chi connectivity index (χ1) is 16.1. The van der Waals surface area contributed by atoms with Crippen LogP contribution >= 0.6 is 0 Å². The number of carbonyl (C=O) groups excluding carboxylic acids is 1. The van der Waals surface area contributed by atoms with Gasteiger partial charge in [-0.05, 0) is 49.7 Å². The number of methoxy groups -OCH3 is 1. The Hall–Kier alpha value is -3.39. The van der Waals surface area contributed by atoms with Crippen molar-refractivity contribution >= 4 is 11.9 Å². The molecule has 8 heteroatoms. The second kappa shape index (κ2) is 11.0. The van der Waals surface area contributed by atoms with Gasteiger partial charge in [-0.3, -0.25) is 4.79 Å². The van der Waals surface area contributed by atoms with Gasteiger partial charge in [0.2, 0.25) is 11.7 Å². The number of benzene rings is 2. The summed E-state index contributed by atoms with van der Waals surface area (Å²) in [7, 11) is 3.70. The van der Waals surface area contributed by atoms with Gasteiger partial charge in [-0.1, -0.05) is 35.5 Å². The summed E-state index contributed by atoms with van der Waals surface area (Å²) in [5.41, 5.74) is 2.12. The van der Waals surface area contributed by atoms with Crippen LogP contribution in [0.1, 0.15) is 18.4 Å². The Bertz CT molecular complexity index is 1020. The lowest BCUT2D eigenvalue weighted by atomic mass is 9.97. The third-order valence-electron chi connectivity index (χ3n) is 5.91. The third kappa shape index (κ3) is 6.10. The van der Waals surface area contributed by atoms with Gasteiger partial charge in [0.1, 0.15) is 5.75 Å². The molecule has 33 heavy (non-hydrogen) atoms. The van der Waals surface area contributed by atoms with Crippen molar-refractivity contribution in [3.63, 3.8) is 0 Å². The molecule has 1 fully saturated rings. The molecule has 1 aliphatic rings. The van der Waals surface area contributed by atoms with Crippen molar-refractivity contribution in [3.8, 4) is 17.1 Å². The van der Waals surface area contributed by atoms with Gasteiger partial charge in [-0.15, -0.1) is 0 Å². The van der Waals surface area contributed by atoms with Crippen molar-refractivity contribution in [2.75, 3.05) is 45.2 Å². The maximum Gasteiger partial charge on any atom is 0.324 e. The Morgan fingerprint density at radius 2 is 2.00 bits per heavy atom. The number of likely N-dealkylation sites (N-methyl/N-ethyl adjacent to an activating group) is 1. The number of nitrogens with zero attached hydrogens (tertiary/aromatic N) is 4. The minimum Gasteiger partial charge on any atom is -0.497 e. The number of hydrogen-bond donors (Lipinski definition) is 1. The minimum absolute atomic E-state index is 0.0858. The normalized spacial score (nSPS) is 16.1. The second-order valence-corrected chi connectivity index (χ2v) is 8.43. The van der Waals surface area contributed by atoms with Crippen LogP contribution in [0, 0.1) is 5.92 Å². The predicted molar refractivity (Wildman–Crippen MR) is 127 cm³/mol. The van der Waals surface area contributed by atoms with Gasteiger partial charge in [-0.25, -0.2) is 0 Å². The molecule has 174 valence electrons. The molecule has 8 nitrogen and oxygen atoms in total. The highest BCUT2D eigenvalue weighted by atomic mass is 16.5. The highest BCUT2D eigenvalue weighted by Crippen LogP contribution is 2.25. The predicted octanol–water partition coefficient (Wildman–Crippen LogP) is 3.21. The number of amides is 1. The van der Waals surface area contributed by atoms with Crippen LogP contribution in [0.4, 0.5) is 6.01 Å². The van der Waals surface area contributed by atoms with Crippen LogP contribution in [-0.2, 0) is 11.3 Å². The van der Waals surface area contributed by atoms with E-state index < -0.39 is 0 Å². The van der Waals surface area contributed by atoms with Gasteiger partial charge in [0.15, 0.2) is 0 Å². The van der Waals surface area contributed by atoms with E-state index in [4.69, 9.17) is 9.26 Å². The molecule has 0 spiro atoms. The van der Waals surface area contributed by atoms with E-state index in [0.29, 0.717) is 24.9 Å². The molecule has 2 aromatic carbocycles. The van der Waals surface area contributed by atoms with E-state index in [9.17, 15) is 4.79 Å². The summed E-state index contributed by atoms with van der Waals surface area (Å²) >= 11 is 0. The van der Waals surface area contributed by atoms with E-state index in [0.717, 1.165) is 43.8 Å². The zero-order valence-electron chi connectivity index (χ0n) is 19.2. The first kappa shape index (κ1) is 22.8. The number of anilines is 1. The quantitative estimate of drug-likeness (QED) is 0.537. The van der Waals surface area contributed by atoms with Crippen LogP contribution in [0.5, 0.6) is 5.75 Å². The summed E-state index contributed by atoms with van der Waals surface area (Å²) in [6.07, 6.45) is 1.77. The number of ether oxygens (including phenoxy) is 1. The molecule has 1 aromatic heterocycles. The van der Waals surface area contributed by atoms with Crippen LogP contribution in [0.25, 0.3) is 11.4 Å². The molecular weight excluding hydrogens is 418 g/mol. The first-order valence-corrected chi connectivity index (χ1v) is 11.4. The lowest BCUT2D eigenvalue weighted by Crippen LogP contribution is -2.44. The molecule has 0 radical (unpaired) electrons. The molecule has 0 bridgehead atoms. The average molecular weight is 450 g/mol. The number of hydrogen-bond acceptors (Lipinski definition) is 7. The van der Waals surface area contributed by atoms with Gasteiger partial charge in [0.25, 0.3) is 0 Å². The smallest absolute Gasteiger partial charge is 0.324 e. The summed E-state index contributed by atoms with van der Waals surface area (Å²) in [6.45, 7) is 3.66. The second-order valence-electron chi connectivity index (χ2n) is 8.43. The summed E-state index contributed by atoms with van der Waals surface area (Å²) in [5, 5.41) is 7.21. The summed E-state index contributed by atoms with van der Waals surface area (Å²) in [4.78, 5) is 21.5. The van der Waals surface area contributed by atoms with Crippen molar-refractivity contribution in [1.82, 2.24) is 20.4 Å². The van der Waals surface area contributed by atoms with E-state index in [-0.39, 0.29) is 11.8 Å². The number of rotatable bonds is 9. The molecule has 1 atom stereocenters. The lowest BCUT2D eigenvalue weighted by Gasteiger charge is -2.30. The fraction of sp³-hybridized carbons (Fsp3) is 0.400. The number of carbonyl (C=O) groups is 1. The summed E-state index contributed by atoms with van der Waals surface area (Å²) in [5.74, 6) is 1.30. The molecule has 1 N–H and O–H groups in total. The van der Waals surface area contributed by atoms with E-state index in [2.05, 4.69) is 39.5 Å². The zero-order chi connectivity index (χ0) is 23.0. The fourth-order valence-electron chi connectivity index (χ4n) is 4.05. The Labute approximate surface area is 194 Å². The number of piperidine rings is 1. The molecule has 0 aliphatic carbocycles. The maximum atomic E-state index is 12.8. The number of aromatic nitrogens is 2. The van der Waals surface area contributed by atoms with Crippen LogP contribution in [0.3, 0.4) is 0 Å². The standard InChI is InChI=1S/C25H31N5O3/c1-29(17-19-7-4-3-5-8-19)16-14-26-24(31)21-9-6-15-30(18-21)25-27-23(28-33-25)20-10-12-22(32-2)13-11-20/h3-5,7-8,10-13,21H,6,9,14-18H2,1-2H3,(H,26,31). The van der Waals surface area contributed by atoms with Crippen LogP contribution < -0.4 is 15.0 Å². The summed E-state index contributed by atoms with van der Waals surface area (Å²) in [6, 6.07) is 18.3. The van der Waals surface area contributed by atoms with Gasteiger partial charge in [0.05, 0.1) is 13.0 Å². The van der Waals surface area contributed by atoms with Gasteiger partial charge in [0, 0.05) is 38.3 Å². The lowest BCUT2D eigenvalue weighted by molar-refractivity contribution is -0.125. The Morgan fingerprint density at radius 1 is 1.21 bits per heavy atom. The first-order valence-electron chi connectivity index (χ1n) is 11.4. The Balaban J connectivity index is 1.26. The fourth-order valence-corrected chi connectivity index (χ4v) is 4.05. The minimum atomic E-state index is -0.0884. The molecule has 4 rings (SSSR count). The monoisotopic (exact) mass is 449 g/mol. The zero-order valence-corrected chi connectivity index (χ0v) is 19.2. The molecule has 2 heterocycles.